The fraction of sp³-hybridized carbons (Fsp3) is 0.467. The zero-order chi connectivity index (χ0) is 17.5. The molecule has 130 valence electrons. The van der Waals surface area contributed by atoms with Gasteiger partial charge in [-0.1, -0.05) is 17.7 Å². The van der Waals surface area contributed by atoms with Gasteiger partial charge in [-0.3, -0.25) is 4.52 Å². The van der Waals surface area contributed by atoms with E-state index < -0.39 is 21.2 Å². The third-order valence-corrected chi connectivity index (χ3v) is 6.07. The Morgan fingerprint density at radius 3 is 2.42 bits per heavy atom. The molecule has 0 amide bonds. The molecule has 1 N–H and O–H groups in total. The van der Waals surface area contributed by atoms with Crippen molar-refractivity contribution in [3.63, 3.8) is 0 Å². The van der Waals surface area contributed by atoms with Gasteiger partial charge < -0.3 is 0 Å². The first-order valence-corrected chi connectivity index (χ1v) is 9.09. The Labute approximate surface area is 140 Å². The molecule has 1 aromatic carbocycles. The van der Waals surface area contributed by atoms with Crippen LogP contribution in [0, 0.1) is 6.92 Å². The molecule has 0 aliphatic carbocycles. The summed E-state index contributed by atoms with van der Waals surface area (Å²) in [7, 11) is -3.55. The van der Waals surface area contributed by atoms with Crippen LogP contribution in [-0.2, 0) is 10.0 Å². The normalized spacial score (nSPS) is 18.7. The van der Waals surface area contributed by atoms with Crippen LogP contribution < -0.4 is 15.4 Å². The molecule has 9 heteroatoms. The van der Waals surface area contributed by atoms with Crippen LogP contribution in [0.15, 0.2) is 44.7 Å². The predicted octanol–water partition coefficient (Wildman–Crippen LogP) is -0.0151. The lowest BCUT2D eigenvalue weighted by Gasteiger charge is -2.41. The van der Waals surface area contributed by atoms with Crippen molar-refractivity contribution in [1.29, 1.82) is 0 Å². The first kappa shape index (κ1) is 16.7. The van der Waals surface area contributed by atoms with Crippen molar-refractivity contribution < 1.29 is 17.7 Å². The Hall–Kier alpha value is -2.13. The number of hydrogen-bond acceptors (Lipinski definition) is 5. The van der Waals surface area contributed by atoms with Crippen molar-refractivity contribution >= 4 is 10.0 Å². The fourth-order valence-electron chi connectivity index (χ4n) is 2.93. The number of H-pyrrole nitrogens is 1. The molecule has 0 unspecified atom stereocenters. The largest absolute Gasteiger partial charge is 0.430 e. The number of nitrogens with one attached hydrogen (secondary N) is 1. The monoisotopic (exact) mass is 353 g/mol. The van der Waals surface area contributed by atoms with Crippen molar-refractivity contribution in [2.45, 2.75) is 31.2 Å². The van der Waals surface area contributed by atoms with Crippen LogP contribution in [0.2, 0.25) is 0 Å². The van der Waals surface area contributed by atoms with E-state index in [0.29, 0.717) is 24.5 Å². The van der Waals surface area contributed by atoms with E-state index in [2.05, 4.69) is 5.27 Å². The van der Waals surface area contributed by atoms with E-state index in [9.17, 15) is 13.2 Å². The number of rotatable bonds is 3. The standard InChI is InChI=1S/C15H20N4O4S/c1-12-4-6-13(7-5-12)24(21,22)17-8-9-18(15(2,3)11-17)19-10-14(20)23-16-19/h4-7,10H,8-9,11H2,1-3H3/p+1. The maximum Gasteiger partial charge on any atom is 0.430 e. The number of piperazine rings is 1. The SMILES string of the molecule is Cc1ccc(S(=O)(=O)N2CCN([n+]3cc(=O)o[nH]3)C(C)(C)C2)cc1. The minimum atomic E-state index is -3.55. The first-order valence-electron chi connectivity index (χ1n) is 7.65. The average molecular weight is 353 g/mol. The van der Waals surface area contributed by atoms with Crippen molar-refractivity contribution in [3.8, 4) is 0 Å². The van der Waals surface area contributed by atoms with Gasteiger partial charge in [0.15, 0.2) is 0 Å². The molecule has 24 heavy (non-hydrogen) atoms. The second-order valence-electron chi connectivity index (χ2n) is 6.57. The lowest BCUT2D eigenvalue weighted by atomic mass is 10.0. The summed E-state index contributed by atoms with van der Waals surface area (Å²) in [4.78, 5) is 13.0. The molecule has 0 spiro atoms. The van der Waals surface area contributed by atoms with E-state index in [0.717, 1.165) is 5.56 Å². The number of hydrogen-bond donors (Lipinski definition) is 1. The van der Waals surface area contributed by atoms with Gasteiger partial charge in [-0.2, -0.15) is 4.31 Å². The van der Waals surface area contributed by atoms with E-state index in [1.807, 2.05) is 25.8 Å². The van der Waals surface area contributed by atoms with Crippen LogP contribution in [0.25, 0.3) is 0 Å². The van der Waals surface area contributed by atoms with Crippen LogP contribution in [-0.4, -0.2) is 43.2 Å². The number of aromatic amines is 1. The molecule has 2 heterocycles. The van der Waals surface area contributed by atoms with Crippen molar-refractivity contribution in [3.05, 3.63) is 46.4 Å². The summed E-state index contributed by atoms with van der Waals surface area (Å²) in [5.41, 5.74) is 0.00736. The second-order valence-corrected chi connectivity index (χ2v) is 8.51. The van der Waals surface area contributed by atoms with Gasteiger partial charge in [0.1, 0.15) is 5.54 Å². The van der Waals surface area contributed by atoms with Crippen molar-refractivity contribution in [1.82, 2.24) is 9.58 Å². The summed E-state index contributed by atoms with van der Waals surface area (Å²) in [6.07, 6.45) is 1.30. The maximum atomic E-state index is 12.9. The Morgan fingerprint density at radius 2 is 1.88 bits per heavy atom. The van der Waals surface area contributed by atoms with Gasteiger partial charge in [-0.05, 0) is 32.9 Å². The summed E-state index contributed by atoms with van der Waals surface area (Å²) in [6.45, 7) is 6.80. The number of benzene rings is 1. The molecule has 1 aromatic heterocycles. The summed E-state index contributed by atoms with van der Waals surface area (Å²) in [5.74, 6) is 0. The van der Waals surface area contributed by atoms with Crippen LogP contribution in [0.5, 0.6) is 0 Å². The van der Waals surface area contributed by atoms with Crippen molar-refractivity contribution in [2.75, 3.05) is 24.6 Å². The highest BCUT2D eigenvalue weighted by Crippen LogP contribution is 2.23. The summed E-state index contributed by atoms with van der Waals surface area (Å²) in [5, 5.41) is 4.38. The Balaban J connectivity index is 1.86. The third kappa shape index (κ3) is 2.96. The topological polar surface area (TPSA) is 90.5 Å². The zero-order valence-electron chi connectivity index (χ0n) is 13.9. The highest BCUT2D eigenvalue weighted by molar-refractivity contribution is 7.89. The average Bonchev–Trinajstić information content (AvgIpc) is 2.92. The fourth-order valence-corrected chi connectivity index (χ4v) is 4.51. The predicted molar refractivity (Wildman–Crippen MR) is 86.6 cm³/mol. The number of aryl methyl sites for hydroxylation is 1. The Morgan fingerprint density at radius 1 is 1.21 bits per heavy atom. The summed E-state index contributed by atoms with van der Waals surface area (Å²) < 4.78 is 31.9. The summed E-state index contributed by atoms with van der Waals surface area (Å²) in [6, 6.07) is 6.85. The molecule has 0 saturated carbocycles. The smallest absolute Gasteiger partial charge is 0.281 e. The van der Waals surface area contributed by atoms with Gasteiger partial charge in [-0.25, -0.2) is 13.2 Å². The molecular weight excluding hydrogens is 332 g/mol. The van der Waals surface area contributed by atoms with E-state index >= 15 is 0 Å². The Bertz CT molecular complexity index is 883. The van der Waals surface area contributed by atoms with Gasteiger partial charge in [0, 0.05) is 23.2 Å². The van der Waals surface area contributed by atoms with Crippen LogP contribution >= 0.6 is 0 Å². The lowest BCUT2D eigenvalue weighted by molar-refractivity contribution is -0.766. The van der Waals surface area contributed by atoms with Gasteiger partial charge in [0.2, 0.25) is 10.0 Å². The zero-order valence-corrected chi connectivity index (χ0v) is 14.7. The van der Waals surface area contributed by atoms with E-state index in [1.165, 1.54) is 15.3 Å². The van der Waals surface area contributed by atoms with Gasteiger partial charge >= 0.3 is 11.8 Å². The van der Waals surface area contributed by atoms with Crippen LogP contribution in [0.4, 0.5) is 0 Å². The first-order chi connectivity index (χ1) is 11.2. The summed E-state index contributed by atoms with van der Waals surface area (Å²) >= 11 is 0. The molecule has 1 aliphatic heterocycles. The van der Waals surface area contributed by atoms with Crippen molar-refractivity contribution in [2.24, 2.45) is 0 Å². The molecule has 1 aliphatic rings. The lowest BCUT2D eigenvalue weighted by Crippen LogP contribution is -2.74. The molecule has 0 bridgehead atoms. The quantitative estimate of drug-likeness (QED) is 0.784. The molecular formula is C15H21N4O4S+. The van der Waals surface area contributed by atoms with Gasteiger partial charge in [-0.15, -0.1) is 5.01 Å². The highest BCUT2D eigenvalue weighted by atomic mass is 32.2. The minimum Gasteiger partial charge on any atom is -0.281 e. The molecule has 8 nitrogen and oxygen atoms in total. The van der Waals surface area contributed by atoms with E-state index in [4.69, 9.17) is 4.52 Å². The minimum absolute atomic E-state index is 0.293. The van der Waals surface area contributed by atoms with Gasteiger partial charge in [0.25, 0.3) is 0 Å². The third-order valence-electron chi connectivity index (χ3n) is 4.21. The Kier molecular flexibility index (Phi) is 4.00. The maximum absolute atomic E-state index is 12.9. The second kappa shape index (κ2) is 5.75. The number of sulfonamides is 1. The molecule has 3 rings (SSSR count). The van der Waals surface area contributed by atoms with E-state index in [1.54, 1.807) is 24.3 Å². The number of nitrogens with zero attached hydrogens (tertiary/aromatic N) is 3. The van der Waals surface area contributed by atoms with Crippen LogP contribution in [0.3, 0.4) is 0 Å². The molecule has 2 aromatic rings. The molecule has 1 fully saturated rings. The molecule has 0 radical (unpaired) electrons. The van der Waals surface area contributed by atoms with E-state index in [-0.39, 0.29) is 0 Å². The van der Waals surface area contributed by atoms with Crippen LogP contribution in [0.1, 0.15) is 19.4 Å². The molecule has 1 saturated heterocycles. The molecule has 0 atom stereocenters. The van der Waals surface area contributed by atoms with Gasteiger partial charge in [0.05, 0.1) is 11.4 Å². The highest BCUT2D eigenvalue weighted by Gasteiger charge is 2.44. The number of aromatic nitrogens is 2.